The molecular weight excluding hydrogens is 152 g/mol. The maximum atomic E-state index is 8.96. The molecule has 0 fully saturated rings. The molecule has 0 saturated heterocycles. The van der Waals surface area contributed by atoms with Crippen molar-refractivity contribution in [1.29, 1.82) is 5.26 Å². The molecule has 1 atom stereocenters. The summed E-state index contributed by atoms with van der Waals surface area (Å²) < 4.78 is 0. The van der Waals surface area contributed by atoms with E-state index in [0.717, 1.165) is 5.56 Å². The van der Waals surface area contributed by atoms with Crippen LogP contribution in [0.25, 0.3) is 0 Å². The number of aromatic hydroxyl groups is 1. The van der Waals surface area contributed by atoms with Gasteiger partial charge < -0.3 is 10.8 Å². The number of rotatable bonds is 2. The number of hydrogen-bond donors (Lipinski definition) is 2. The summed E-state index contributed by atoms with van der Waals surface area (Å²) in [6.45, 7) is 0. The summed E-state index contributed by atoms with van der Waals surface area (Å²) in [5.41, 5.74) is 6.52. The van der Waals surface area contributed by atoms with Crippen LogP contribution in [0.5, 0.6) is 5.75 Å². The summed E-state index contributed by atoms with van der Waals surface area (Å²) in [6, 6.07) is 8.30. The molecule has 3 nitrogen and oxygen atoms in total. The maximum absolute atomic E-state index is 8.96. The Hall–Kier alpha value is -1.53. The van der Waals surface area contributed by atoms with Crippen LogP contribution in [0.2, 0.25) is 0 Å². The number of nitriles is 1. The molecule has 0 aliphatic carbocycles. The molecule has 1 rings (SSSR count). The molecule has 0 heterocycles. The minimum Gasteiger partial charge on any atom is -0.508 e. The van der Waals surface area contributed by atoms with Crippen LogP contribution in [0.4, 0.5) is 0 Å². The van der Waals surface area contributed by atoms with Crippen molar-refractivity contribution in [3.05, 3.63) is 29.8 Å². The first-order valence-electron chi connectivity index (χ1n) is 3.65. The van der Waals surface area contributed by atoms with Gasteiger partial charge in [0, 0.05) is 6.04 Å². The van der Waals surface area contributed by atoms with Crippen molar-refractivity contribution in [3.63, 3.8) is 0 Å². The van der Waals surface area contributed by atoms with Crippen LogP contribution >= 0.6 is 0 Å². The van der Waals surface area contributed by atoms with Gasteiger partial charge in [0.2, 0.25) is 0 Å². The highest BCUT2D eigenvalue weighted by atomic mass is 16.3. The van der Waals surface area contributed by atoms with E-state index in [1.807, 2.05) is 6.07 Å². The molecule has 0 aliphatic rings. The third-order valence-electron chi connectivity index (χ3n) is 1.63. The molecule has 3 N–H and O–H groups in total. The van der Waals surface area contributed by atoms with Gasteiger partial charge in [-0.15, -0.1) is 0 Å². The van der Waals surface area contributed by atoms with Gasteiger partial charge in [0.15, 0.2) is 0 Å². The first kappa shape index (κ1) is 8.57. The Morgan fingerprint density at radius 2 is 2.00 bits per heavy atom. The number of hydrogen-bond acceptors (Lipinski definition) is 3. The van der Waals surface area contributed by atoms with E-state index in [9.17, 15) is 0 Å². The van der Waals surface area contributed by atoms with E-state index in [1.165, 1.54) is 0 Å². The molecule has 0 amide bonds. The molecule has 1 aromatic rings. The smallest absolute Gasteiger partial charge is 0.115 e. The van der Waals surface area contributed by atoms with Gasteiger partial charge in [0.25, 0.3) is 0 Å². The van der Waals surface area contributed by atoms with Crippen molar-refractivity contribution in [2.45, 2.75) is 12.5 Å². The largest absolute Gasteiger partial charge is 0.508 e. The Kier molecular flexibility index (Phi) is 2.67. The van der Waals surface area contributed by atoms with Crippen molar-refractivity contribution >= 4 is 0 Å². The predicted molar refractivity (Wildman–Crippen MR) is 45.3 cm³/mol. The van der Waals surface area contributed by atoms with E-state index in [2.05, 4.69) is 0 Å². The molecule has 1 aromatic carbocycles. The molecular formula is C9H10N2O. The van der Waals surface area contributed by atoms with E-state index < -0.39 is 0 Å². The Balaban J connectivity index is 2.76. The Bertz CT molecular complexity index is 286. The molecule has 1 unspecified atom stereocenters. The minimum atomic E-state index is -0.254. The summed E-state index contributed by atoms with van der Waals surface area (Å²) in [7, 11) is 0. The molecule has 0 spiro atoms. The zero-order valence-electron chi connectivity index (χ0n) is 6.57. The Labute approximate surface area is 71.1 Å². The van der Waals surface area contributed by atoms with Gasteiger partial charge in [-0.25, -0.2) is 0 Å². The lowest BCUT2D eigenvalue weighted by Crippen LogP contribution is -2.08. The van der Waals surface area contributed by atoms with E-state index in [4.69, 9.17) is 16.1 Å². The van der Waals surface area contributed by atoms with Crippen molar-refractivity contribution < 1.29 is 5.11 Å². The quantitative estimate of drug-likeness (QED) is 0.688. The highest BCUT2D eigenvalue weighted by Crippen LogP contribution is 2.16. The SMILES string of the molecule is N#CCC(N)c1ccc(O)cc1. The lowest BCUT2D eigenvalue weighted by molar-refractivity contribution is 0.475. The molecule has 12 heavy (non-hydrogen) atoms. The average Bonchev–Trinajstić information content (AvgIpc) is 2.06. The fourth-order valence-corrected chi connectivity index (χ4v) is 0.938. The normalized spacial score (nSPS) is 12.0. The molecule has 3 heteroatoms. The fraction of sp³-hybridized carbons (Fsp3) is 0.222. The molecule has 62 valence electrons. The average molecular weight is 162 g/mol. The van der Waals surface area contributed by atoms with Gasteiger partial charge in [0.05, 0.1) is 12.5 Å². The lowest BCUT2D eigenvalue weighted by Gasteiger charge is -2.06. The van der Waals surface area contributed by atoms with Gasteiger partial charge in [0.1, 0.15) is 5.75 Å². The first-order chi connectivity index (χ1) is 5.74. The number of nitrogens with two attached hydrogens (primary N) is 1. The van der Waals surface area contributed by atoms with Gasteiger partial charge in [-0.1, -0.05) is 12.1 Å². The zero-order chi connectivity index (χ0) is 8.97. The summed E-state index contributed by atoms with van der Waals surface area (Å²) in [4.78, 5) is 0. The van der Waals surface area contributed by atoms with Crippen LogP contribution in [-0.2, 0) is 0 Å². The highest BCUT2D eigenvalue weighted by molar-refractivity contribution is 5.28. The predicted octanol–water partition coefficient (Wildman–Crippen LogP) is 1.31. The van der Waals surface area contributed by atoms with Gasteiger partial charge >= 0.3 is 0 Å². The van der Waals surface area contributed by atoms with Crippen LogP contribution in [0, 0.1) is 11.3 Å². The molecule has 0 radical (unpaired) electrons. The highest BCUT2D eigenvalue weighted by Gasteiger charge is 2.03. The lowest BCUT2D eigenvalue weighted by atomic mass is 10.1. The first-order valence-corrected chi connectivity index (χ1v) is 3.65. The van der Waals surface area contributed by atoms with Gasteiger partial charge in [-0.05, 0) is 17.7 Å². The standard InChI is InChI=1S/C9H10N2O/c10-6-5-9(11)7-1-3-8(12)4-2-7/h1-4,9,12H,5,11H2. The monoisotopic (exact) mass is 162 g/mol. The van der Waals surface area contributed by atoms with Crippen molar-refractivity contribution in [3.8, 4) is 11.8 Å². The van der Waals surface area contributed by atoms with Crippen molar-refractivity contribution in [1.82, 2.24) is 0 Å². The second kappa shape index (κ2) is 3.74. The van der Waals surface area contributed by atoms with E-state index in [-0.39, 0.29) is 11.8 Å². The Morgan fingerprint density at radius 3 is 2.50 bits per heavy atom. The zero-order valence-corrected chi connectivity index (χ0v) is 6.57. The molecule has 0 bridgehead atoms. The van der Waals surface area contributed by atoms with Crippen LogP contribution in [0.3, 0.4) is 0 Å². The maximum Gasteiger partial charge on any atom is 0.115 e. The molecule has 0 aliphatic heterocycles. The summed E-state index contributed by atoms with van der Waals surface area (Å²) >= 11 is 0. The molecule has 0 saturated carbocycles. The minimum absolute atomic E-state index is 0.211. The second-order valence-corrected chi connectivity index (χ2v) is 2.56. The van der Waals surface area contributed by atoms with Gasteiger partial charge in [-0.2, -0.15) is 5.26 Å². The van der Waals surface area contributed by atoms with E-state index >= 15 is 0 Å². The third kappa shape index (κ3) is 1.97. The number of benzene rings is 1. The molecule has 0 aromatic heterocycles. The van der Waals surface area contributed by atoms with E-state index in [0.29, 0.717) is 6.42 Å². The van der Waals surface area contributed by atoms with Crippen molar-refractivity contribution in [2.75, 3.05) is 0 Å². The number of nitrogens with zero attached hydrogens (tertiary/aromatic N) is 1. The third-order valence-corrected chi connectivity index (χ3v) is 1.63. The van der Waals surface area contributed by atoms with Gasteiger partial charge in [-0.3, -0.25) is 0 Å². The number of phenolic OH excluding ortho intramolecular Hbond substituents is 1. The van der Waals surface area contributed by atoms with Crippen LogP contribution in [0.15, 0.2) is 24.3 Å². The van der Waals surface area contributed by atoms with Crippen LogP contribution < -0.4 is 5.73 Å². The number of phenols is 1. The topological polar surface area (TPSA) is 70.0 Å². The van der Waals surface area contributed by atoms with E-state index in [1.54, 1.807) is 24.3 Å². The van der Waals surface area contributed by atoms with Crippen LogP contribution in [-0.4, -0.2) is 5.11 Å². The Morgan fingerprint density at radius 1 is 1.42 bits per heavy atom. The summed E-state index contributed by atoms with van der Waals surface area (Å²) in [6.07, 6.45) is 0.296. The fourth-order valence-electron chi connectivity index (χ4n) is 0.938. The summed E-state index contributed by atoms with van der Waals surface area (Å²) in [5, 5.41) is 17.3. The second-order valence-electron chi connectivity index (χ2n) is 2.56. The van der Waals surface area contributed by atoms with Crippen LogP contribution in [0.1, 0.15) is 18.0 Å². The summed E-state index contributed by atoms with van der Waals surface area (Å²) in [5.74, 6) is 0.211. The van der Waals surface area contributed by atoms with Crippen molar-refractivity contribution in [2.24, 2.45) is 5.73 Å².